The lowest BCUT2D eigenvalue weighted by molar-refractivity contribution is -0.113. The molecule has 226 valence electrons. The fourth-order valence-corrected chi connectivity index (χ4v) is 4.95. The van der Waals surface area contributed by atoms with E-state index in [2.05, 4.69) is 20.8 Å². The first kappa shape index (κ1) is 31.4. The van der Waals surface area contributed by atoms with Crippen LogP contribution in [-0.2, 0) is 11.3 Å². The monoisotopic (exact) mass is 607 g/mol. The van der Waals surface area contributed by atoms with Gasteiger partial charge in [-0.05, 0) is 81.8 Å². The van der Waals surface area contributed by atoms with E-state index in [1.54, 1.807) is 16.7 Å². The predicted molar refractivity (Wildman–Crippen MR) is 163 cm³/mol. The second-order valence-electron chi connectivity index (χ2n) is 9.20. The van der Waals surface area contributed by atoms with Gasteiger partial charge in [-0.1, -0.05) is 23.9 Å². The molecule has 4 aromatic rings. The van der Waals surface area contributed by atoms with Crippen LogP contribution in [0.2, 0.25) is 0 Å². The lowest BCUT2D eigenvalue weighted by atomic mass is 10.1. The Labute approximate surface area is 253 Å². The summed E-state index contributed by atoms with van der Waals surface area (Å²) >= 11 is 1.19. The van der Waals surface area contributed by atoms with E-state index in [-0.39, 0.29) is 29.9 Å². The van der Waals surface area contributed by atoms with E-state index >= 15 is 0 Å². The van der Waals surface area contributed by atoms with E-state index in [4.69, 9.17) is 14.2 Å². The van der Waals surface area contributed by atoms with E-state index in [0.717, 1.165) is 11.3 Å². The number of aryl methyl sites for hydroxylation is 1. The molecule has 12 heteroatoms. The molecule has 4 rings (SSSR count). The van der Waals surface area contributed by atoms with Crippen LogP contribution in [0.5, 0.6) is 17.2 Å². The van der Waals surface area contributed by atoms with Gasteiger partial charge >= 0.3 is 0 Å². The highest BCUT2D eigenvalue weighted by Crippen LogP contribution is 2.39. The first-order valence-corrected chi connectivity index (χ1v) is 14.9. The van der Waals surface area contributed by atoms with E-state index in [1.165, 1.54) is 36.0 Å². The molecular formula is C31H34FN5O5S. The Balaban J connectivity index is 1.54. The number of carbonyl (C=O) groups is 2. The molecule has 0 saturated carbocycles. The summed E-state index contributed by atoms with van der Waals surface area (Å²) in [7, 11) is 0. The molecule has 2 amide bonds. The summed E-state index contributed by atoms with van der Waals surface area (Å²) in [5.41, 5.74) is 2.63. The number of carbonyl (C=O) groups excluding carboxylic acids is 2. The minimum Gasteiger partial charge on any atom is -0.490 e. The third kappa shape index (κ3) is 8.25. The van der Waals surface area contributed by atoms with Crippen molar-refractivity contribution in [2.75, 3.05) is 30.9 Å². The van der Waals surface area contributed by atoms with Crippen molar-refractivity contribution in [2.24, 2.45) is 0 Å². The van der Waals surface area contributed by atoms with E-state index in [0.29, 0.717) is 59.3 Å². The number of aromatic nitrogens is 3. The van der Waals surface area contributed by atoms with Gasteiger partial charge in [0.2, 0.25) is 11.7 Å². The SMILES string of the molecule is CCOc1cc(C(=O)NCc2nnc(SCC(=O)Nc3ccc(F)cc3)n2-c2cccc(C)c2)cc(OCC)c1OCC. The first-order chi connectivity index (χ1) is 20.8. The Morgan fingerprint density at radius 1 is 0.907 bits per heavy atom. The zero-order valence-corrected chi connectivity index (χ0v) is 25.3. The standard InChI is InChI=1S/C31H34FN5O5S/c1-5-40-25-16-21(17-26(41-6-2)29(25)42-7-3)30(39)33-18-27-35-36-31(37(27)24-10-8-9-20(4)15-24)43-19-28(38)34-23-13-11-22(32)12-14-23/h8-17H,5-7,18-19H2,1-4H3,(H,33,39)(H,34,38). The number of thioether (sulfide) groups is 1. The second-order valence-corrected chi connectivity index (χ2v) is 10.1. The van der Waals surface area contributed by atoms with E-state index < -0.39 is 0 Å². The van der Waals surface area contributed by atoms with Gasteiger partial charge < -0.3 is 24.8 Å². The Kier molecular flexibility index (Phi) is 11.0. The van der Waals surface area contributed by atoms with Crippen molar-refractivity contribution in [1.29, 1.82) is 0 Å². The van der Waals surface area contributed by atoms with Crippen molar-refractivity contribution in [2.45, 2.75) is 39.4 Å². The maximum absolute atomic E-state index is 13.3. The average Bonchev–Trinajstić information content (AvgIpc) is 3.40. The fraction of sp³-hybridized carbons (Fsp3) is 0.290. The molecular weight excluding hydrogens is 573 g/mol. The summed E-state index contributed by atoms with van der Waals surface area (Å²) in [5, 5.41) is 14.8. The molecule has 0 aliphatic heterocycles. The number of halogens is 1. The molecule has 1 heterocycles. The van der Waals surface area contributed by atoms with Crippen LogP contribution in [0.1, 0.15) is 42.5 Å². The second kappa shape index (κ2) is 15.1. The highest BCUT2D eigenvalue weighted by Gasteiger charge is 2.21. The molecule has 0 atom stereocenters. The van der Waals surface area contributed by atoms with Gasteiger partial charge in [0.15, 0.2) is 22.5 Å². The number of nitrogens with one attached hydrogen (secondary N) is 2. The van der Waals surface area contributed by atoms with Gasteiger partial charge in [0.1, 0.15) is 5.82 Å². The lowest BCUT2D eigenvalue weighted by Crippen LogP contribution is -2.25. The largest absolute Gasteiger partial charge is 0.490 e. The lowest BCUT2D eigenvalue weighted by Gasteiger charge is -2.17. The molecule has 0 spiro atoms. The zero-order chi connectivity index (χ0) is 30.8. The molecule has 3 aromatic carbocycles. The predicted octanol–water partition coefficient (Wildman–Crippen LogP) is 5.57. The third-order valence-corrected chi connectivity index (χ3v) is 6.93. The van der Waals surface area contributed by atoms with Gasteiger partial charge in [0.25, 0.3) is 5.91 Å². The topological polar surface area (TPSA) is 117 Å². The first-order valence-electron chi connectivity index (χ1n) is 13.9. The van der Waals surface area contributed by atoms with Crippen LogP contribution >= 0.6 is 11.8 Å². The normalized spacial score (nSPS) is 10.7. The quantitative estimate of drug-likeness (QED) is 0.179. The fourth-order valence-electron chi connectivity index (χ4n) is 4.18. The number of rotatable bonds is 14. The highest BCUT2D eigenvalue weighted by molar-refractivity contribution is 7.99. The summed E-state index contributed by atoms with van der Waals surface area (Å²) in [6, 6.07) is 16.5. The average molecular weight is 608 g/mol. The summed E-state index contributed by atoms with van der Waals surface area (Å²) in [6.45, 7) is 8.78. The molecule has 0 radical (unpaired) electrons. The van der Waals surface area contributed by atoms with Gasteiger partial charge in [-0.2, -0.15) is 0 Å². The molecule has 2 N–H and O–H groups in total. The smallest absolute Gasteiger partial charge is 0.251 e. The number of hydrogen-bond acceptors (Lipinski definition) is 8. The van der Waals surface area contributed by atoms with Crippen molar-refractivity contribution in [3.05, 3.63) is 83.4 Å². The molecule has 0 aliphatic carbocycles. The zero-order valence-electron chi connectivity index (χ0n) is 24.5. The van der Waals surface area contributed by atoms with Crippen LogP contribution in [0.3, 0.4) is 0 Å². The Morgan fingerprint density at radius 2 is 1.58 bits per heavy atom. The molecule has 10 nitrogen and oxygen atoms in total. The van der Waals surface area contributed by atoms with Crippen molar-refractivity contribution in [1.82, 2.24) is 20.1 Å². The van der Waals surface area contributed by atoms with Gasteiger partial charge in [0.05, 0.1) is 32.1 Å². The van der Waals surface area contributed by atoms with E-state index in [9.17, 15) is 14.0 Å². The Hall–Kier alpha value is -4.58. The molecule has 1 aromatic heterocycles. The van der Waals surface area contributed by atoms with Crippen LogP contribution in [0, 0.1) is 12.7 Å². The molecule has 0 bridgehead atoms. The van der Waals surface area contributed by atoms with Gasteiger partial charge in [-0.15, -0.1) is 10.2 Å². The molecule has 0 unspecified atom stereocenters. The molecule has 0 saturated heterocycles. The molecule has 43 heavy (non-hydrogen) atoms. The number of nitrogens with zero attached hydrogens (tertiary/aromatic N) is 3. The third-order valence-electron chi connectivity index (χ3n) is 6.00. The van der Waals surface area contributed by atoms with Crippen LogP contribution < -0.4 is 24.8 Å². The molecule has 0 aliphatic rings. The minimum absolute atomic E-state index is 0.0419. The maximum Gasteiger partial charge on any atom is 0.251 e. The van der Waals surface area contributed by atoms with E-state index in [1.807, 2.05) is 52.0 Å². The summed E-state index contributed by atoms with van der Waals surface area (Å²) in [5.74, 6) is 0.772. The molecule has 0 fully saturated rings. The van der Waals surface area contributed by atoms with Crippen LogP contribution in [-0.4, -0.2) is 52.2 Å². The van der Waals surface area contributed by atoms with Crippen molar-refractivity contribution in [3.63, 3.8) is 0 Å². The number of benzene rings is 3. The van der Waals surface area contributed by atoms with Crippen molar-refractivity contribution >= 4 is 29.3 Å². The number of hydrogen-bond donors (Lipinski definition) is 2. The van der Waals surface area contributed by atoms with Crippen LogP contribution in [0.4, 0.5) is 10.1 Å². The minimum atomic E-state index is -0.384. The highest BCUT2D eigenvalue weighted by atomic mass is 32.2. The maximum atomic E-state index is 13.3. The summed E-state index contributed by atoms with van der Waals surface area (Å²) in [6.07, 6.45) is 0. The number of amides is 2. The summed E-state index contributed by atoms with van der Waals surface area (Å²) in [4.78, 5) is 25.9. The van der Waals surface area contributed by atoms with Gasteiger partial charge in [-0.25, -0.2) is 4.39 Å². The Bertz CT molecular complexity index is 1530. The number of ether oxygens (including phenoxy) is 3. The van der Waals surface area contributed by atoms with Gasteiger partial charge in [-0.3, -0.25) is 14.2 Å². The summed E-state index contributed by atoms with van der Waals surface area (Å²) < 4.78 is 32.2. The van der Waals surface area contributed by atoms with Gasteiger partial charge in [0, 0.05) is 16.9 Å². The van der Waals surface area contributed by atoms with Crippen LogP contribution in [0.25, 0.3) is 5.69 Å². The number of anilines is 1. The Morgan fingerprint density at radius 3 is 2.21 bits per heavy atom. The van der Waals surface area contributed by atoms with Crippen molar-refractivity contribution < 1.29 is 28.2 Å². The van der Waals surface area contributed by atoms with Crippen LogP contribution in [0.15, 0.2) is 65.8 Å². The van der Waals surface area contributed by atoms with Crippen molar-refractivity contribution in [3.8, 4) is 22.9 Å².